The molecule has 1 amide bonds. The molecule has 0 saturated carbocycles. The van der Waals surface area contributed by atoms with Gasteiger partial charge in [0.2, 0.25) is 0 Å². The van der Waals surface area contributed by atoms with E-state index in [1.165, 1.54) is 0 Å². The largest absolute Gasteiger partial charge is 0.771 e. The van der Waals surface area contributed by atoms with Gasteiger partial charge in [0.15, 0.2) is 0 Å². The van der Waals surface area contributed by atoms with Crippen LogP contribution >= 0.6 is 15.9 Å². The van der Waals surface area contributed by atoms with Crippen LogP contribution in [0.4, 0.5) is 0 Å². The van der Waals surface area contributed by atoms with E-state index < -0.39 is 11.1 Å². The van der Waals surface area contributed by atoms with Crippen LogP contribution in [-0.2, 0) is 17.5 Å². The Morgan fingerprint density at radius 3 is 2.74 bits per heavy atom. The standard InChI is InChI=1S/C13H18BrNO3S/c1-9(2)3-4-10-7-11(14)5-6-12(10)13(16)15-8-19(17)18/h5-7,9H,3-4,8H2,1-2H3,(H,15,16)(H,17,18)/p-1. The van der Waals surface area contributed by atoms with Crippen LogP contribution in [0.1, 0.15) is 36.2 Å². The van der Waals surface area contributed by atoms with Gasteiger partial charge in [-0.05, 0) is 53.6 Å². The van der Waals surface area contributed by atoms with Gasteiger partial charge in [0.25, 0.3) is 5.91 Å². The number of benzene rings is 1. The third-order valence-electron chi connectivity index (χ3n) is 2.65. The van der Waals surface area contributed by atoms with Gasteiger partial charge in [0.05, 0.1) is 5.88 Å². The molecule has 0 radical (unpaired) electrons. The van der Waals surface area contributed by atoms with Crippen LogP contribution in [0, 0.1) is 5.92 Å². The summed E-state index contributed by atoms with van der Waals surface area (Å²) < 4.78 is 21.8. The molecule has 6 heteroatoms. The van der Waals surface area contributed by atoms with Crippen LogP contribution in [-0.4, -0.2) is 20.5 Å². The van der Waals surface area contributed by atoms with Crippen LogP contribution < -0.4 is 5.32 Å². The lowest BCUT2D eigenvalue weighted by atomic mass is 9.98. The maximum absolute atomic E-state index is 11.9. The molecule has 1 atom stereocenters. The lowest BCUT2D eigenvalue weighted by Gasteiger charge is -2.12. The highest BCUT2D eigenvalue weighted by Crippen LogP contribution is 2.19. The van der Waals surface area contributed by atoms with Crippen LogP contribution in [0.15, 0.2) is 22.7 Å². The molecule has 1 aromatic rings. The predicted molar refractivity (Wildman–Crippen MR) is 78.6 cm³/mol. The van der Waals surface area contributed by atoms with Crippen molar-refractivity contribution in [3.05, 3.63) is 33.8 Å². The van der Waals surface area contributed by atoms with E-state index in [9.17, 15) is 13.6 Å². The Kier molecular flexibility index (Phi) is 6.68. The molecule has 0 fully saturated rings. The number of aryl methyl sites for hydroxylation is 1. The molecule has 106 valence electrons. The maximum atomic E-state index is 11.9. The van der Waals surface area contributed by atoms with Gasteiger partial charge in [-0.2, -0.15) is 0 Å². The van der Waals surface area contributed by atoms with E-state index in [1.54, 1.807) is 12.1 Å². The highest BCUT2D eigenvalue weighted by atomic mass is 79.9. The second-order valence-electron chi connectivity index (χ2n) is 4.69. The monoisotopic (exact) mass is 346 g/mol. The van der Waals surface area contributed by atoms with Crippen molar-refractivity contribution in [3.63, 3.8) is 0 Å². The Balaban J connectivity index is 2.86. The minimum Gasteiger partial charge on any atom is -0.771 e. The molecule has 1 aromatic carbocycles. The number of carbonyl (C=O) groups excluding carboxylic acids is 1. The van der Waals surface area contributed by atoms with E-state index in [4.69, 9.17) is 0 Å². The van der Waals surface area contributed by atoms with E-state index in [-0.39, 0.29) is 11.8 Å². The number of nitrogens with one attached hydrogen (secondary N) is 1. The summed E-state index contributed by atoms with van der Waals surface area (Å²) in [6.07, 6.45) is 1.77. The number of carbonyl (C=O) groups is 1. The first-order valence-corrected chi connectivity index (χ1v) is 8.06. The second-order valence-corrected chi connectivity index (χ2v) is 6.50. The summed E-state index contributed by atoms with van der Waals surface area (Å²) in [4.78, 5) is 11.9. The van der Waals surface area contributed by atoms with Crippen LogP contribution in [0.5, 0.6) is 0 Å². The summed E-state index contributed by atoms with van der Waals surface area (Å²) in [6, 6.07) is 5.40. The molecule has 4 nitrogen and oxygen atoms in total. The van der Waals surface area contributed by atoms with Crippen molar-refractivity contribution in [1.29, 1.82) is 0 Å². The van der Waals surface area contributed by atoms with Crippen LogP contribution in [0.25, 0.3) is 0 Å². The zero-order chi connectivity index (χ0) is 14.4. The average Bonchev–Trinajstić information content (AvgIpc) is 2.33. The van der Waals surface area contributed by atoms with E-state index >= 15 is 0 Å². The van der Waals surface area contributed by atoms with E-state index in [0.717, 1.165) is 22.9 Å². The second kappa shape index (κ2) is 7.77. The predicted octanol–water partition coefficient (Wildman–Crippen LogP) is 2.60. The smallest absolute Gasteiger partial charge is 0.252 e. The fraction of sp³-hybridized carbons (Fsp3) is 0.462. The van der Waals surface area contributed by atoms with Gasteiger partial charge >= 0.3 is 0 Å². The van der Waals surface area contributed by atoms with Gasteiger partial charge in [0, 0.05) is 10.0 Å². The lowest BCUT2D eigenvalue weighted by molar-refractivity contribution is 0.0958. The summed E-state index contributed by atoms with van der Waals surface area (Å²) in [6.45, 7) is 4.25. The molecule has 0 saturated heterocycles. The van der Waals surface area contributed by atoms with E-state index in [0.29, 0.717) is 11.5 Å². The quantitative estimate of drug-likeness (QED) is 0.805. The molecule has 0 aliphatic rings. The summed E-state index contributed by atoms with van der Waals surface area (Å²) in [5.74, 6) is -0.169. The Labute approximate surface area is 124 Å². The Bertz CT molecular complexity index is 477. The molecule has 0 spiro atoms. The summed E-state index contributed by atoms with van der Waals surface area (Å²) in [7, 11) is 0. The lowest BCUT2D eigenvalue weighted by Crippen LogP contribution is -2.27. The molecular formula is C13H17BrNO3S-. The Morgan fingerprint density at radius 1 is 1.47 bits per heavy atom. The van der Waals surface area contributed by atoms with Crippen molar-refractivity contribution in [1.82, 2.24) is 5.32 Å². The minimum atomic E-state index is -2.27. The number of rotatable bonds is 6. The molecule has 1 N–H and O–H groups in total. The molecule has 19 heavy (non-hydrogen) atoms. The maximum Gasteiger partial charge on any atom is 0.252 e. The summed E-state index contributed by atoms with van der Waals surface area (Å²) in [5, 5.41) is 2.38. The van der Waals surface area contributed by atoms with Gasteiger partial charge in [0.1, 0.15) is 0 Å². The first-order valence-electron chi connectivity index (χ1n) is 6.02. The minimum absolute atomic E-state index is 0.351. The fourth-order valence-corrected chi connectivity index (χ4v) is 2.31. The average molecular weight is 347 g/mol. The van der Waals surface area contributed by atoms with E-state index in [2.05, 4.69) is 35.1 Å². The summed E-state index contributed by atoms with van der Waals surface area (Å²) in [5.41, 5.74) is 1.46. The molecule has 0 heterocycles. The third kappa shape index (κ3) is 5.84. The van der Waals surface area contributed by atoms with Crippen molar-refractivity contribution in [2.45, 2.75) is 26.7 Å². The first-order chi connectivity index (χ1) is 8.90. The van der Waals surface area contributed by atoms with Crippen LogP contribution in [0.2, 0.25) is 0 Å². The molecule has 1 rings (SSSR count). The molecule has 0 aromatic heterocycles. The van der Waals surface area contributed by atoms with Crippen molar-refractivity contribution in [2.24, 2.45) is 5.92 Å². The van der Waals surface area contributed by atoms with E-state index in [1.807, 2.05) is 6.07 Å². The molecule has 0 aliphatic carbocycles. The zero-order valence-corrected chi connectivity index (χ0v) is 13.3. The van der Waals surface area contributed by atoms with Gasteiger partial charge < -0.3 is 9.87 Å². The van der Waals surface area contributed by atoms with Gasteiger partial charge in [-0.15, -0.1) is 0 Å². The normalized spacial score (nSPS) is 12.5. The van der Waals surface area contributed by atoms with Crippen molar-refractivity contribution in [2.75, 3.05) is 5.88 Å². The Morgan fingerprint density at radius 2 is 2.16 bits per heavy atom. The Hall–Kier alpha value is -0.720. The number of halogens is 1. The fourth-order valence-electron chi connectivity index (χ4n) is 1.65. The molecule has 0 aliphatic heterocycles. The van der Waals surface area contributed by atoms with Crippen molar-refractivity contribution < 1.29 is 13.6 Å². The van der Waals surface area contributed by atoms with Crippen LogP contribution in [0.3, 0.4) is 0 Å². The SMILES string of the molecule is CC(C)CCc1cc(Br)ccc1C(=O)NCS(=O)[O-]. The number of amides is 1. The first kappa shape index (κ1) is 16.3. The number of hydrogen-bond donors (Lipinski definition) is 1. The van der Waals surface area contributed by atoms with Gasteiger partial charge in [-0.25, -0.2) is 0 Å². The highest BCUT2D eigenvalue weighted by Gasteiger charge is 2.11. The molecular weight excluding hydrogens is 330 g/mol. The highest BCUT2D eigenvalue weighted by molar-refractivity contribution is 9.10. The van der Waals surface area contributed by atoms with Gasteiger partial charge in [-0.1, -0.05) is 29.8 Å². The van der Waals surface area contributed by atoms with Crippen molar-refractivity contribution in [3.8, 4) is 0 Å². The molecule has 0 bridgehead atoms. The van der Waals surface area contributed by atoms with Crippen molar-refractivity contribution >= 4 is 32.9 Å². The molecule has 1 unspecified atom stereocenters. The third-order valence-corrected chi connectivity index (χ3v) is 3.53. The van der Waals surface area contributed by atoms with Gasteiger partial charge in [-0.3, -0.25) is 9.00 Å². The number of hydrogen-bond acceptors (Lipinski definition) is 3. The summed E-state index contributed by atoms with van der Waals surface area (Å²) >= 11 is 1.11. The zero-order valence-electron chi connectivity index (χ0n) is 10.9. The topological polar surface area (TPSA) is 69.2 Å².